The molecule has 0 heterocycles. The molecule has 0 aliphatic rings. The summed E-state index contributed by atoms with van der Waals surface area (Å²) in [5, 5.41) is 11.0. The van der Waals surface area contributed by atoms with Gasteiger partial charge in [0.1, 0.15) is 5.84 Å². The Morgan fingerprint density at radius 1 is 1.38 bits per heavy atom. The van der Waals surface area contributed by atoms with Gasteiger partial charge in [-0.15, -0.1) is 0 Å². The molecule has 0 rings (SSSR count). The lowest BCUT2D eigenvalue weighted by Gasteiger charge is -2.07. The third-order valence-electron chi connectivity index (χ3n) is 1.31. The average Bonchev–Trinajstić information content (AvgIpc) is 2.10. The molecule has 0 aromatic rings. The number of hydrogen-bond acceptors (Lipinski definition) is 4. The molecular weight excluding hydrogens is 172 g/mol. The number of hydrogen-bond donors (Lipinski definition) is 2. The highest BCUT2D eigenvalue weighted by atomic mass is 16.5. The van der Waals surface area contributed by atoms with Gasteiger partial charge in [-0.3, -0.25) is 0 Å². The lowest BCUT2D eigenvalue weighted by atomic mass is 10.4. The van der Waals surface area contributed by atoms with Crippen LogP contribution in [0.2, 0.25) is 0 Å². The fraction of sp³-hybridized carbons (Fsp3) is 0.875. The molecule has 0 fully saturated rings. The topological polar surface area (TPSA) is 77.1 Å². The fourth-order valence-corrected chi connectivity index (χ4v) is 0.672. The molecule has 13 heavy (non-hydrogen) atoms. The van der Waals surface area contributed by atoms with E-state index >= 15 is 0 Å². The summed E-state index contributed by atoms with van der Waals surface area (Å²) in [6.45, 7) is 5.51. The summed E-state index contributed by atoms with van der Waals surface area (Å²) >= 11 is 0. The minimum absolute atomic E-state index is 0.185. The zero-order chi connectivity index (χ0) is 10.1. The molecule has 0 aromatic heterocycles. The monoisotopic (exact) mass is 190 g/mol. The normalized spacial score (nSPS) is 12.4. The van der Waals surface area contributed by atoms with E-state index in [-0.39, 0.29) is 11.9 Å². The minimum atomic E-state index is 0.185. The molecule has 0 amide bonds. The lowest BCUT2D eigenvalue weighted by Crippen LogP contribution is -2.16. The first-order valence-electron chi connectivity index (χ1n) is 4.32. The summed E-state index contributed by atoms with van der Waals surface area (Å²) < 4.78 is 10.4. The van der Waals surface area contributed by atoms with Crippen molar-refractivity contribution in [3.63, 3.8) is 0 Å². The largest absolute Gasteiger partial charge is 0.409 e. The van der Waals surface area contributed by atoms with E-state index < -0.39 is 0 Å². The Hall–Kier alpha value is -0.810. The van der Waals surface area contributed by atoms with Crippen LogP contribution in [-0.2, 0) is 9.47 Å². The van der Waals surface area contributed by atoms with Crippen LogP contribution < -0.4 is 5.73 Å². The molecule has 0 bridgehead atoms. The van der Waals surface area contributed by atoms with E-state index in [1.54, 1.807) is 0 Å². The van der Waals surface area contributed by atoms with Gasteiger partial charge >= 0.3 is 0 Å². The molecule has 0 radical (unpaired) electrons. The van der Waals surface area contributed by atoms with Crippen LogP contribution in [-0.4, -0.2) is 37.0 Å². The van der Waals surface area contributed by atoms with Crippen LogP contribution in [0.3, 0.4) is 0 Å². The molecule has 0 spiro atoms. The second-order valence-electron chi connectivity index (χ2n) is 2.87. The summed E-state index contributed by atoms with van der Waals surface area (Å²) in [5.74, 6) is 0.185. The Bertz CT molecular complexity index is 148. The van der Waals surface area contributed by atoms with Crippen LogP contribution in [0, 0.1) is 0 Å². The molecule has 0 aliphatic heterocycles. The van der Waals surface area contributed by atoms with E-state index in [9.17, 15) is 0 Å². The minimum Gasteiger partial charge on any atom is -0.409 e. The van der Waals surface area contributed by atoms with Gasteiger partial charge in [-0.2, -0.15) is 0 Å². The zero-order valence-electron chi connectivity index (χ0n) is 8.19. The van der Waals surface area contributed by atoms with E-state index in [0.29, 0.717) is 26.2 Å². The van der Waals surface area contributed by atoms with Gasteiger partial charge in [0.05, 0.1) is 25.9 Å². The number of amidine groups is 1. The van der Waals surface area contributed by atoms with Gasteiger partial charge in [0.2, 0.25) is 0 Å². The van der Waals surface area contributed by atoms with Gasteiger partial charge < -0.3 is 20.4 Å². The summed E-state index contributed by atoms with van der Waals surface area (Å²) in [6.07, 6.45) is 0.672. The second-order valence-corrected chi connectivity index (χ2v) is 2.87. The molecular formula is C8H18N2O3. The van der Waals surface area contributed by atoms with E-state index in [1.165, 1.54) is 0 Å². The molecule has 78 valence electrons. The number of ether oxygens (including phenoxy) is 2. The fourth-order valence-electron chi connectivity index (χ4n) is 0.672. The van der Waals surface area contributed by atoms with Crippen molar-refractivity contribution < 1.29 is 14.7 Å². The van der Waals surface area contributed by atoms with Gasteiger partial charge in [0.25, 0.3) is 0 Å². The first-order valence-corrected chi connectivity index (χ1v) is 4.32. The molecule has 0 atom stereocenters. The van der Waals surface area contributed by atoms with Gasteiger partial charge in [-0.1, -0.05) is 5.16 Å². The van der Waals surface area contributed by atoms with Gasteiger partial charge in [-0.25, -0.2) is 0 Å². The maximum atomic E-state index is 8.19. The predicted octanol–water partition coefficient (Wildman–Crippen LogP) is 0.565. The SMILES string of the molecule is CC(C)OCCOCC/C(N)=N/O. The third kappa shape index (κ3) is 9.10. The van der Waals surface area contributed by atoms with Crippen molar-refractivity contribution in [1.29, 1.82) is 0 Å². The Morgan fingerprint density at radius 2 is 2.08 bits per heavy atom. The number of nitrogens with zero attached hydrogens (tertiary/aromatic N) is 1. The van der Waals surface area contributed by atoms with E-state index in [4.69, 9.17) is 20.4 Å². The highest BCUT2D eigenvalue weighted by Gasteiger charge is 1.95. The standard InChI is InChI=1S/C8H18N2O3/c1-7(2)13-6-5-12-4-3-8(9)10-11/h7,11H,3-6H2,1-2H3,(H2,9,10). The third-order valence-corrected chi connectivity index (χ3v) is 1.31. The lowest BCUT2D eigenvalue weighted by molar-refractivity contribution is 0.0212. The van der Waals surface area contributed by atoms with Crippen LogP contribution in [0.4, 0.5) is 0 Å². The molecule has 0 unspecified atom stereocenters. The van der Waals surface area contributed by atoms with Gasteiger partial charge in [0, 0.05) is 6.42 Å². The highest BCUT2D eigenvalue weighted by molar-refractivity contribution is 5.79. The molecule has 0 saturated heterocycles. The van der Waals surface area contributed by atoms with Crippen molar-refractivity contribution in [2.24, 2.45) is 10.9 Å². The van der Waals surface area contributed by atoms with Crippen molar-refractivity contribution in [2.75, 3.05) is 19.8 Å². The number of nitrogens with two attached hydrogens (primary N) is 1. The zero-order valence-corrected chi connectivity index (χ0v) is 8.19. The highest BCUT2D eigenvalue weighted by Crippen LogP contribution is 1.88. The van der Waals surface area contributed by atoms with Gasteiger partial charge in [-0.05, 0) is 13.8 Å². The average molecular weight is 190 g/mol. The molecule has 5 nitrogen and oxygen atoms in total. The maximum Gasteiger partial charge on any atom is 0.141 e. The van der Waals surface area contributed by atoms with Gasteiger partial charge in [0.15, 0.2) is 0 Å². The summed E-state index contributed by atoms with van der Waals surface area (Å²) in [4.78, 5) is 0. The Balaban J connectivity index is 3.09. The van der Waals surface area contributed by atoms with E-state index in [0.717, 1.165) is 0 Å². The predicted molar refractivity (Wildman–Crippen MR) is 49.9 cm³/mol. The van der Waals surface area contributed by atoms with Crippen molar-refractivity contribution in [3.05, 3.63) is 0 Å². The molecule has 3 N–H and O–H groups in total. The van der Waals surface area contributed by atoms with Crippen LogP contribution in [0.25, 0.3) is 0 Å². The van der Waals surface area contributed by atoms with Crippen molar-refractivity contribution in [1.82, 2.24) is 0 Å². The van der Waals surface area contributed by atoms with Crippen molar-refractivity contribution in [2.45, 2.75) is 26.4 Å². The van der Waals surface area contributed by atoms with E-state index in [2.05, 4.69) is 5.16 Å². The van der Waals surface area contributed by atoms with E-state index in [1.807, 2.05) is 13.8 Å². The molecule has 0 aliphatic carbocycles. The maximum absolute atomic E-state index is 8.19. The quantitative estimate of drug-likeness (QED) is 0.202. The molecule has 0 aromatic carbocycles. The first kappa shape index (κ1) is 12.2. The number of oxime groups is 1. The van der Waals surface area contributed by atoms with Crippen molar-refractivity contribution >= 4 is 5.84 Å². The number of rotatable bonds is 7. The summed E-state index contributed by atoms with van der Waals surface area (Å²) in [6, 6.07) is 0. The van der Waals surface area contributed by atoms with Crippen molar-refractivity contribution in [3.8, 4) is 0 Å². The smallest absolute Gasteiger partial charge is 0.141 e. The molecule has 0 saturated carbocycles. The second kappa shape index (κ2) is 7.82. The van der Waals surface area contributed by atoms with Crippen LogP contribution in [0.5, 0.6) is 0 Å². The summed E-state index contributed by atoms with van der Waals surface area (Å²) in [5.41, 5.74) is 5.22. The Labute approximate surface area is 78.5 Å². The molecule has 5 heteroatoms. The van der Waals surface area contributed by atoms with Crippen LogP contribution in [0.15, 0.2) is 5.16 Å². The van der Waals surface area contributed by atoms with Crippen LogP contribution in [0.1, 0.15) is 20.3 Å². The first-order chi connectivity index (χ1) is 6.16. The Morgan fingerprint density at radius 3 is 2.62 bits per heavy atom. The summed E-state index contributed by atoms with van der Waals surface area (Å²) in [7, 11) is 0. The van der Waals surface area contributed by atoms with Crippen LogP contribution >= 0.6 is 0 Å². The Kier molecular flexibility index (Phi) is 7.33.